The first-order valence-electron chi connectivity index (χ1n) is 17.6. The maximum atomic E-state index is 14.5. The highest BCUT2D eigenvalue weighted by Crippen LogP contribution is 2.31. The van der Waals surface area contributed by atoms with Crippen molar-refractivity contribution in [2.45, 2.75) is 77.0 Å². The van der Waals surface area contributed by atoms with Gasteiger partial charge in [-0.15, -0.1) is 0 Å². The van der Waals surface area contributed by atoms with Crippen LogP contribution >= 0.6 is 0 Å². The molecule has 0 saturated carbocycles. The van der Waals surface area contributed by atoms with E-state index < -0.39 is 28.1 Å². The third-order valence-corrected chi connectivity index (χ3v) is 11.0. The van der Waals surface area contributed by atoms with E-state index in [-0.39, 0.29) is 65.3 Å². The molecule has 3 aromatic carbocycles. The number of nitrogens with zero attached hydrogens (tertiary/aromatic N) is 3. The number of urea groups is 1. The van der Waals surface area contributed by atoms with Crippen LogP contribution < -0.4 is 14.8 Å². The molecule has 2 heterocycles. The molecule has 5 rings (SSSR count). The maximum absolute atomic E-state index is 14.5. The number of benzene rings is 3. The van der Waals surface area contributed by atoms with Crippen molar-refractivity contribution in [3.05, 3.63) is 77.7 Å². The Morgan fingerprint density at radius 2 is 1.85 bits per heavy atom. The van der Waals surface area contributed by atoms with Gasteiger partial charge >= 0.3 is 6.03 Å². The summed E-state index contributed by atoms with van der Waals surface area (Å²) < 4.78 is 47.0. The molecule has 0 unspecified atom stereocenters. The second-order valence-corrected chi connectivity index (χ2v) is 15.2. The van der Waals surface area contributed by atoms with Crippen LogP contribution in [0.15, 0.2) is 70.1 Å². The molecule has 280 valence electrons. The molecular formula is C38H49N5O8S. The number of aryl methyl sites for hydroxylation is 2. The van der Waals surface area contributed by atoms with Gasteiger partial charge in [-0.25, -0.2) is 13.2 Å². The number of ether oxygens (including phenoxy) is 2. The van der Waals surface area contributed by atoms with Gasteiger partial charge in [-0.2, -0.15) is 0 Å². The van der Waals surface area contributed by atoms with Gasteiger partial charge in [-0.1, -0.05) is 48.5 Å². The summed E-state index contributed by atoms with van der Waals surface area (Å²) in [5, 5.41) is 19.0. The number of nitrogens with one attached hydrogen (secondary N) is 2. The second-order valence-electron chi connectivity index (χ2n) is 13.6. The quantitative estimate of drug-likeness (QED) is 0.191. The lowest BCUT2D eigenvalue weighted by atomic mass is 10.0. The van der Waals surface area contributed by atoms with E-state index in [1.54, 1.807) is 35.9 Å². The zero-order valence-corrected chi connectivity index (χ0v) is 31.4. The third-order valence-electron chi connectivity index (χ3n) is 9.37. The summed E-state index contributed by atoms with van der Waals surface area (Å²) in [6, 6.07) is 17.3. The van der Waals surface area contributed by atoms with Gasteiger partial charge in [-0.05, 0) is 76.6 Å². The number of aromatic nitrogens is 1. The maximum Gasteiger partial charge on any atom is 0.321 e. The molecule has 0 saturated heterocycles. The van der Waals surface area contributed by atoms with Crippen molar-refractivity contribution >= 4 is 44.1 Å². The standard InChI is InChI=1S/C38H49N5O8S/c1-24-21-43(25(2)23-44)37(45)32-20-30(41-52(47,48)36-27(4)40-51-28(36)5)17-18-34(32)50-26(3)12-9-10-19-49-35(24)22-42(6)38(46)39-33-16-11-14-29-13-7-8-15-31(29)33/h7-8,11,13-18,20,24-26,35,41,44H,9-10,12,19,21-23H2,1-6H3,(H,39,46)/t24-,25+,26-,35+/m1/s1. The van der Waals surface area contributed by atoms with Crippen LogP contribution in [0.2, 0.25) is 0 Å². The van der Waals surface area contributed by atoms with Crippen molar-refractivity contribution in [3.63, 3.8) is 0 Å². The lowest BCUT2D eigenvalue weighted by Crippen LogP contribution is -2.48. The summed E-state index contributed by atoms with van der Waals surface area (Å²) in [6.45, 7) is 9.21. The first-order valence-corrected chi connectivity index (χ1v) is 19.1. The number of aliphatic hydroxyl groups excluding tert-OH is 1. The number of rotatable bonds is 8. The third kappa shape index (κ3) is 9.03. The molecule has 13 nitrogen and oxygen atoms in total. The lowest BCUT2D eigenvalue weighted by Gasteiger charge is -2.35. The summed E-state index contributed by atoms with van der Waals surface area (Å²) in [6.07, 6.45) is 1.52. The highest BCUT2D eigenvalue weighted by atomic mass is 32.2. The van der Waals surface area contributed by atoms with E-state index in [4.69, 9.17) is 14.0 Å². The lowest BCUT2D eigenvalue weighted by molar-refractivity contribution is -0.0115. The molecule has 1 aromatic heterocycles. The monoisotopic (exact) mass is 735 g/mol. The molecule has 14 heteroatoms. The first-order chi connectivity index (χ1) is 24.8. The summed E-state index contributed by atoms with van der Waals surface area (Å²) in [7, 11) is -2.39. The normalized spacial score (nSPS) is 19.6. The van der Waals surface area contributed by atoms with Gasteiger partial charge in [0, 0.05) is 43.7 Å². The summed E-state index contributed by atoms with van der Waals surface area (Å²) in [5.74, 6) is -0.290. The van der Waals surface area contributed by atoms with Crippen molar-refractivity contribution in [2.24, 2.45) is 5.92 Å². The molecule has 0 spiro atoms. The number of sulfonamides is 1. The minimum absolute atomic E-state index is 0.0741. The fraction of sp³-hybridized carbons (Fsp3) is 0.447. The zero-order valence-electron chi connectivity index (χ0n) is 30.6. The topological polar surface area (TPSA) is 164 Å². The van der Waals surface area contributed by atoms with Crippen molar-refractivity contribution in [3.8, 4) is 5.75 Å². The summed E-state index contributed by atoms with van der Waals surface area (Å²) in [5.41, 5.74) is 1.20. The number of anilines is 2. The minimum atomic E-state index is -4.10. The van der Waals surface area contributed by atoms with Crippen LogP contribution in [0.1, 0.15) is 61.8 Å². The Hall–Kier alpha value is -4.66. The fourth-order valence-corrected chi connectivity index (χ4v) is 7.79. The number of fused-ring (bicyclic) bond motifs is 2. The van der Waals surface area contributed by atoms with Crippen molar-refractivity contribution in [1.82, 2.24) is 15.0 Å². The molecule has 4 aromatic rings. The molecule has 3 amide bonds. The van der Waals surface area contributed by atoms with Gasteiger partial charge in [0.1, 0.15) is 11.4 Å². The summed E-state index contributed by atoms with van der Waals surface area (Å²) >= 11 is 0. The molecule has 0 aliphatic carbocycles. The first kappa shape index (κ1) is 38.6. The van der Waals surface area contributed by atoms with Crippen molar-refractivity contribution in [2.75, 3.05) is 43.4 Å². The Labute approximate surface area is 305 Å². The van der Waals surface area contributed by atoms with Crippen LogP contribution in [-0.2, 0) is 14.8 Å². The molecule has 0 bridgehead atoms. The Morgan fingerprint density at radius 3 is 2.58 bits per heavy atom. The minimum Gasteiger partial charge on any atom is -0.490 e. The van der Waals surface area contributed by atoms with E-state index >= 15 is 0 Å². The Balaban J connectivity index is 1.41. The van der Waals surface area contributed by atoms with Crippen LogP contribution in [0.3, 0.4) is 0 Å². The molecule has 52 heavy (non-hydrogen) atoms. The highest BCUT2D eigenvalue weighted by Gasteiger charge is 2.32. The van der Waals surface area contributed by atoms with Crippen molar-refractivity contribution < 1.29 is 37.1 Å². The van der Waals surface area contributed by atoms with Crippen LogP contribution in [0, 0.1) is 19.8 Å². The Bertz CT molecular complexity index is 1960. The van der Waals surface area contributed by atoms with E-state index in [9.17, 15) is 23.1 Å². The van der Waals surface area contributed by atoms with Gasteiger partial charge in [0.2, 0.25) is 0 Å². The van der Waals surface area contributed by atoms with E-state index in [2.05, 4.69) is 15.2 Å². The predicted molar refractivity (Wildman–Crippen MR) is 199 cm³/mol. The van der Waals surface area contributed by atoms with Crippen LogP contribution in [0.4, 0.5) is 16.2 Å². The molecule has 0 fully saturated rings. The van der Waals surface area contributed by atoms with Gasteiger partial charge in [0.15, 0.2) is 10.7 Å². The highest BCUT2D eigenvalue weighted by molar-refractivity contribution is 7.92. The number of amides is 3. The largest absolute Gasteiger partial charge is 0.490 e. The number of hydrogen-bond acceptors (Lipinski definition) is 9. The number of aliphatic hydroxyl groups is 1. The molecule has 3 N–H and O–H groups in total. The summed E-state index contributed by atoms with van der Waals surface area (Å²) in [4.78, 5) is 31.0. The number of carbonyl (C=O) groups is 2. The molecule has 0 radical (unpaired) electrons. The van der Waals surface area contributed by atoms with Gasteiger partial charge in [-0.3, -0.25) is 9.52 Å². The number of likely N-dealkylation sites (N-methyl/N-ethyl adjacent to an activating group) is 1. The Morgan fingerprint density at radius 1 is 1.10 bits per heavy atom. The Kier molecular flexibility index (Phi) is 12.4. The molecular weight excluding hydrogens is 687 g/mol. The second kappa shape index (κ2) is 16.8. The molecule has 4 atom stereocenters. The predicted octanol–water partition coefficient (Wildman–Crippen LogP) is 6.20. The molecule has 1 aliphatic rings. The van der Waals surface area contributed by atoms with Crippen LogP contribution in [-0.4, -0.2) is 92.0 Å². The zero-order chi connectivity index (χ0) is 37.6. The smallest absolute Gasteiger partial charge is 0.321 e. The van der Waals surface area contributed by atoms with Gasteiger partial charge in [0.25, 0.3) is 15.9 Å². The average molecular weight is 736 g/mol. The van der Waals surface area contributed by atoms with E-state index in [0.717, 1.165) is 23.6 Å². The van der Waals surface area contributed by atoms with E-state index in [1.165, 1.54) is 19.9 Å². The van der Waals surface area contributed by atoms with E-state index in [0.29, 0.717) is 24.5 Å². The van der Waals surface area contributed by atoms with Gasteiger partial charge in [0.05, 0.1) is 36.1 Å². The van der Waals surface area contributed by atoms with Crippen molar-refractivity contribution in [1.29, 1.82) is 0 Å². The number of carbonyl (C=O) groups excluding carboxylic acids is 2. The number of hydrogen-bond donors (Lipinski definition) is 3. The van der Waals surface area contributed by atoms with Gasteiger partial charge < -0.3 is 34.2 Å². The van der Waals surface area contributed by atoms with E-state index in [1.807, 2.05) is 56.3 Å². The fourth-order valence-electron chi connectivity index (χ4n) is 6.41. The SMILES string of the molecule is Cc1noc(C)c1S(=O)(=O)Nc1ccc2c(c1)C(=O)N([C@@H](C)CO)C[C@@H](C)[C@H](CN(C)C(=O)Nc1cccc3ccccc13)OCCCC[C@@H](C)O2. The van der Waals surface area contributed by atoms with Crippen LogP contribution in [0.5, 0.6) is 5.75 Å². The average Bonchev–Trinajstić information content (AvgIpc) is 3.47. The molecule has 1 aliphatic heterocycles. The van der Waals surface area contributed by atoms with Crippen LogP contribution in [0.25, 0.3) is 10.8 Å².